The van der Waals surface area contributed by atoms with E-state index in [9.17, 15) is 0 Å². The Morgan fingerprint density at radius 1 is 1.62 bits per heavy atom. The zero-order valence-electron chi connectivity index (χ0n) is 6.82. The van der Waals surface area contributed by atoms with Crippen LogP contribution < -0.4 is 0 Å². The summed E-state index contributed by atoms with van der Waals surface area (Å²) in [6.45, 7) is 0. The molecular formula is C9H7N3S. The SMILES string of the molecule is N#CCc1cn[nH]c1-c1cccs1. The van der Waals surface area contributed by atoms with Crippen molar-refractivity contribution >= 4 is 11.3 Å². The van der Waals surface area contributed by atoms with Gasteiger partial charge in [0.15, 0.2) is 0 Å². The van der Waals surface area contributed by atoms with Crippen LogP contribution in [0.4, 0.5) is 0 Å². The maximum Gasteiger partial charge on any atom is 0.0792 e. The Hall–Kier alpha value is -1.60. The van der Waals surface area contributed by atoms with Gasteiger partial charge in [-0.3, -0.25) is 5.10 Å². The summed E-state index contributed by atoms with van der Waals surface area (Å²) < 4.78 is 0. The van der Waals surface area contributed by atoms with Gasteiger partial charge in [0.05, 0.1) is 29.3 Å². The maximum absolute atomic E-state index is 8.57. The standard InChI is InChI=1S/C9H7N3S/c10-4-3-7-6-11-12-9(7)8-2-1-5-13-8/h1-2,5-6H,3H2,(H,11,12). The van der Waals surface area contributed by atoms with Crippen LogP contribution in [0.5, 0.6) is 0 Å². The van der Waals surface area contributed by atoms with E-state index in [0.717, 1.165) is 16.1 Å². The van der Waals surface area contributed by atoms with E-state index in [1.54, 1.807) is 17.5 Å². The zero-order chi connectivity index (χ0) is 9.10. The van der Waals surface area contributed by atoms with E-state index < -0.39 is 0 Å². The summed E-state index contributed by atoms with van der Waals surface area (Å²) in [5.41, 5.74) is 1.93. The Balaban J connectivity index is 2.42. The van der Waals surface area contributed by atoms with Gasteiger partial charge in [0.2, 0.25) is 0 Å². The van der Waals surface area contributed by atoms with Crippen molar-refractivity contribution < 1.29 is 0 Å². The molecule has 0 saturated carbocycles. The fourth-order valence-electron chi connectivity index (χ4n) is 1.16. The number of rotatable bonds is 2. The first kappa shape index (κ1) is 8.02. The lowest BCUT2D eigenvalue weighted by molar-refractivity contribution is 1.10. The molecule has 0 aliphatic heterocycles. The highest BCUT2D eigenvalue weighted by atomic mass is 32.1. The van der Waals surface area contributed by atoms with E-state index in [-0.39, 0.29) is 0 Å². The van der Waals surface area contributed by atoms with E-state index in [1.807, 2.05) is 17.5 Å². The minimum atomic E-state index is 0.406. The second-order valence-corrected chi connectivity index (χ2v) is 3.53. The smallest absolute Gasteiger partial charge is 0.0792 e. The van der Waals surface area contributed by atoms with Crippen molar-refractivity contribution in [3.05, 3.63) is 29.3 Å². The fraction of sp³-hybridized carbons (Fsp3) is 0.111. The van der Waals surface area contributed by atoms with Crippen LogP contribution in [0.15, 0.2) is 23.7 Å². The Kier molecular flexibility index (Phi) is 2.11. The number of nitrogens with zero attached hydrogens (tertiary/aromatic N) is 2. The molecule has 0 aliphatic carbocycles. The number of hydrogen-bond acceptors (Lipinski definition) is 3. The summed E-state index contributed by atoms with van der Waals surface area (Å²) in [5.74, 6) is 0. The molecule has 2 heterocycles. The summed E-state index contributed by atoms with van der Waals surface area (Å²) in [6.07, 6.45) is 2.11. The van der Waals surface area contributed by atoms with Crippen LogP contribution >= 0.6 is 11.3 Å². The van der Waals surface area contributed by atoms with Gasteiger partial charge in [-0.15, -0.1) is 11.3 Å². The highest BCUT2D eigenvalue weighted by Crippen LogP contribution is 2.25. The topological polar surface area (TPSA) is 52.5 Å². The van der Waals surface area contributed by atoms with Crippen molar-refractivity contribution in [3.8, 4) is 16.6 Å². The van der Waals surface area contributed by atoms with Gasteiger partial charge in [-0.2, -0.15) is 10.4 Å². The monoisotopic (exact) mass is 189 g/mol. The average molecular weight is 189 g/mol. The number of aromatic amines is 1. The van der Waals surface area contributed by atoms with E-state index in [1.165, 1.54) is 0 Å². The van der Waals surface area contributed by atoms with Crippen LogP contribution in [0.2, 0.25) is 0 Å². The Morgan fingerprint density at radius 3 is 3.23 bits per heavy atom. The van der Waals surface area contributed by atoms with E-state index in [4.69, 9.17) is 5.26 Å². The summed E-state index contributed by atoms with van der Waals surface area (Å²) in [5, 5.41) is 17.4. The lowest BCUT2D eigenvalue weighted by Crippen LogP contribution is -1.81. The van der Waals surface area contributed by atoms with E-state index >= 15 is 0 Å². The van der Waals surface area contributed by atoms with Crippen molar-refractivity contribution in [2.24, 2.45) is 0 Å². The van der Waals surface area contributed by atoms with Gasteiger partial charge in [0.1, 0.15) is 0 Å². The molecule has 0 fully saturated rings. The van der Waals surface area contributed by atoms with Gasteiger partial charge in [-0.05, 0) is 11.4 Å². The van der Waals surface area contributed by atoms with Crippen molar-refractivity contribution in [2.75, 3.05) is 0 Å². The van der Waals surface area contributed by atoms with Crippen LogP contribution in [0.1, 0.15) is 5.56 Å². The Labute approximate surface area is 79.6 Å². The van der Waals surface area contributed by atoms with Crippen LogP contribution in [0.3, 0.4) is 0 Å². The van der Waals surface area contributed by atoms with Gasteiger partial charge in [0, 0.05) is 5.56 Å². The predicted octanol–water partition coefficient (Wildman–Crippen LogP) is 2.20. The highest BCUT2D eigenvalue weighted by molar-refractivity contribution is 7.13. The number of nitriles is 1. The number of hydrogen-bond donors (Lipinski definition) is 1. The zero-order valence-corrected chi connectivity index (χ0v) is 7.64. The van der Waals surface area contributed by atoms with Crippen LogP contribution in [0.25, 0.3) is 10.6 Å². The maximum atomic E-state index is 8.57. The minimum absolute atomic E-state index is 0.406. The largest absolute Gasteiger partial charge is 0.277 e. The Morgan fingerprint density at radius 2 is 2.54 bits per heavy atom. The first-order valence-electron chi connectivity index (χ1n) is 3.85. The predicted molar refractivity (Wildman–Crippen MR) is 51.2 cm³/mol. The third-order valence-corrected chi connectivity index (χ3v) is 2.64. The molecule has 64 valence electrons. The van der Waals surface area contributed by atoms with Crippen LogP contribution in [-0.4, -0.2) is 10.2 Å². The number of thiophene rings is 1. The quantitative estimate of drug-likeness (QED) is 0.787. The van der Waals surface area contributed by atoms with Crippen LogP contribution in [-0.2, 0) is 6.42 Å². The molecule has 3 nitrogen and oxygen atoms in total. The molecular weight excluding hydrogens is 182 g/mol. The molecule has 2 aromatic heterocycles. The van der Waals surface area contributed by atoms with Gasteiger partial charge < -0.3 is 0 Å². The molecule has 0 spiro atoms. The molecule has 0 radical (unpaired) electrons. The molecule has 0 aromatic carbocycles. The van der Waals surface area contributed by atoms with Crippen molar-refractivity contribution in [2.45, 2.75) is 6.42 Å². The van der Waals surface area contributed by atoms with E-state index in [2.05, 4.69) is 16.3 Å². The van der Waals surface area contributed by atoms with E-state index in [0.29, 0.717) is 6.42 Å². The van der Waals surface area contributed by atoms with Gasteiger partial charge >= 0.3 is 0 Å². The fourth-order valence-corrected chi connectivity index (χ4v) is 1.92. The number of aromatic nitrogens is 2. The molecule has 0 bridgehead atoms. The van der Waals surface area contributed by atoms with Crippen LogP contribution in [0, 0.1) is 11.3 Å². The summed E-state index contributed by atoms with van der Waals surface area (Å²) >= 11 is 1.64. The number of nitrogens with one attached hydrogen (secondary N) is 1. The molecule has 2 aromatic rings. The molecule has 13 heavy (non-hydrogen) atoms. The summed E-state index contributed by atoms with van der Waals surface area (Å²) in [6, 6.07) is 6.11. The Bertz CT molecular complexity index is 422. The number of H-pyrrole nitrogens is 1. The molecule has 0 unspecified atom stereocenters. The lowest BCUT2D eigenvalue weighted by Gasteiger charge is -1.93. The van der Waals surface area contributed by atoms with Crippen molar-refractivity contribution in [1.82, 2.24) is 10.2 Å². The molecule has 2 rings (SSSR count). The normalized spacial score (nSPS) is 9.77. The third kappa shape index (κ3) is 1.46. The van der Waals surface area contributed by atoms with Gasteiger partial charge in [-0.25, -0.2) is 0 Å². The third-order valence-electron chi connectivity index (χ3n) is 1.75. The van der Waals surface area contributed by atoms with Gasteiger partial charge in [0.25, 0.3) is 0 Å². The second-order valence-electron chi connectivity index (χ2n) is 2.58. The first-order valence-corrected chi connectivity index (χ1v) is 4.73. The minimum Gasteiger partial charge on any atom is -0.277 e. The first-order chi connectivity index (χ1) is 6.42. The van der Waals surface area contributed by atoms with Gasteiger partial charge in [-0.1, -0.05) is 6.07 Å². The second kappa shape index (κ2) is 3.42. The highest BCUT2D eigenvalue weighted by Gasteiger charge is 2.07. The molecule has 1 N–H and O–H groups in total. The molecule has 4 heteroatoms. The average Bonchev–Trinajstić information content (AvgIpc) is 2.71. The molecule has 0 amide bonds. The summed E-state index contributed by atoms with van der Waals surface area (Å²) in [4.78, 5) is 1.13. The lowest BCUT2D eigenvalue weighted by atomic mass is 10.2. The summed E-state index contributed by atoms with van der Waals surface area (Å²) in [7, 11) is 0. The molecule has 0 saturated heterocycles. The molecule has 0 aliphatic rings. The van der Waals surface area contributed by atoms with Crippen molar-refractivity contribution in [1.29, 1.82) is 5.26 Å². The molecule has 0 atom stereocenters. The van der Waals surface area contributed by atoms with Crippen molar-refractivity contribution in [3.63, 3.8) is 0 Å².